The van der Waals surface area contributed by atoms with E-state index in [0.29, 0.717) is 6.07 Å². The lowest BCUT2D eigenvalue weighted by Gasteiger charge is -2.09. The first-order valence-corrected chi connectivity index (χ1v) is 3.77. The van der Waals surface area contributed by atoms with Gasteiger partial charge in [-0.3, -0.25) is 10.2 Å². The van der Waals surface area contributed by atoms with E-state index in [4.69, 9.17) is 10.9 Å². The molecule has 0 aliphatic carbocycles. The Hall–Kier alpha value is -1.76. The molecule has 0 aliphatic rings. The van der Waals surface area contributed by atoms with Crippen molar-refractivity contribution in [1.29, 1.82) is 0 Å². The average Bonchev–Trinajstić information content (AvgIpc) is 2.15. The van der Waals surface area contributed by atoms with Crippen LogP contribution in [0.4, 0.5) is 13.2 Å². The van der Waals surface area contributed by atoms with Crippen LogP contribution < -0.4 is 11.3 Å². The number of phenols is 1. The Morgan fingerprint density at radius 2 is 2.00 bits per heavy atom. The number of aromatic hydroxyl groups is 1. The molecular weight excluding hydrogens is 213 g/mol. The van der Waals surface area contributed by atoms with Gasteiger partial charge in [-0.1, -0.05) is 0 Å². The zero-order valence-corrected chi connectivity index (χ0v) is 7.30. The van der Waals surface area contributed by atoms with Crippen LogP contribution in [-0.4, -0.2) is 11.0 Å². The Morgan fingerprint density at radius 3 is 2.47 bits per heavy atom. The van der Waals surface area contributed by atoms with Gasteiger partial charge in [0.1, 0.15) is 5.75 Å². The van der Waals surface area contributed by atoms with Crippen LogP contribution in [0, 0.1) is 0 Å². The Kier molecular flexibility index (Phi) is 2.85. The molecule has 4 N–H and O–H groups in total. The van der Waals surface area contributed by atoms with E-state index in [1.807, 2.05) is 0 Å². The van der Waals surface area contributed by atoms with Crippen molar-refractivity contribution >= 4 is 5.91 Å². The first-order valence-electron chi connectivity index (χ1n) is 3.77. The topological polar surface area (TPSA) is 75.3 Å². The number of benzene rings is 1. The van der Waals surface area contributed by atoms with E-state index >= 15 is 0 Å². The number of halogens is 3. The summed E-state index contributed by atoms with van der Waals surface area (Å²) in [5.74, 6) is 2.96. The van der Waals surface area contributed by atoms with Crippen molar-refractivity contribution in [2.24, 2.45) is 5.84 Å². The lowest BCUT2D eigenvalue weighted by atomic mass is 10.1. The number of carbonyl (C=O) groups excluding carboxylic acids is 1. The van der Waals surface area contributed by atoms with Gasteiger partial charge in [-0.15, -0.1) is 0 Å². The maximum absolute atomic E-state index is 12.3. The lowest BCUT2D eigenvalue weighted by Crippen LogP contribution is -2.30. The molecule has 0 radical (unpaired) electrons. The maximum Gasteiger partial charge on any atom is 0.419 e. The van der Waals surface area contributed by atoms with Gasteiger partial charge in [0.15, 0.2) is 0 Å². The molecule has 0 heterocycles. The summed E-state index contributed by atoms with van der Waals surface area (Å²) in [5, 5.41) is 8.94. The third-order valence-electron chi connectivity index (χ3n) is 1.70. The van der Waals surface area contributed by atoms with Gasteiger partial charge >= 0.3 is 6.18 Å². The fraction of sp³-hybridized carbons (Fsp3) is 0.125. The normalized spacial score (nSPS) is 11.2. The van der Waals surface area contributed by atoms with E-state index in [2.05, 4.69) is 0 Å². The van der Waals surface area contributed by atoms with Crippen LogP contribution in [0.1, 0.15) is 15.9 Å². The third kappa shape index (κ3) is 2.38. The minimum absolute atomic E-state index is 0.275. The number of nitrogens with one attached hydrogen (secondary N) is 1. The van der Waals surface area contributed by atoms with E-state index in [-0.39, 0.29) is 5.56 Å². The van der Waals surface area contributed by atoms with Crippen molar-refractivity contribution in [3.63, 3.8) is 0 Å². The van der Waals surface area contributed by atoms with Gasteiger partial charge in [-0.2, -0.15) is 13.2 Å². The molecule has 0 saturated carbocycles. The number of rotatable bonds is 1. The summed E-state index contributed by atoms with van der Waals surface area (Å²) >= 11 is 0. The van der Waals surface area contributed by atoms with Crippen molar-refractivity contribution in [2.45, 2.75) is 6.18 Å². The predicted octanol–water partition coefficient (Wildman–Crippen LogP) is 1.01. The van der Waals surface area contributed by atoms with Crippen LogP contribution in [0.15, 0.2) is 18.2 Å². The molecule has 82 valence electrons. The highest BCUT2D eigenvalue weighted by Gasteiger charge is 2.34. The van der Waals surface area contributed by atoms with Crippen LogP contribution in [0.2, 0.25) is 0 Å². The highest BCUT2D eigenvalue weighted by molar-refractivity contribution is 5.94. The van der Waals surface area contributed by atoms with E-state index < -0.39 is 23.4 Å². The molecule has 0 saturated heterocycles. The number of hydrogen-bond acceptors (Lipinski definition) is 3. The van der Waals surface area contributed by atoms with Crippen molar-refractivity contribution in [3.8, 4) is 5.75 Å². The third-order valence-corrected chi connectivity index (χ3v) is 1.70. The zero-order chi connectivity index (χ0) is 11.6. The molecule has 0 aromatic heterocycles. The second kappa shape index (κ2) is 3.77. The molecule has 0 aliphatic heterocycles. The fourth-order valence-corrected chi connectivity index (χ4v) is 0.988. The number of alkyl halides is 3. The average molecular weight is 220 g/mol. The molecule has 0 bridgehead atoms. The molecule has 0 atom stereocenters. The fourth-order valence-electron chi connectivity index (χ4n) is 0.988. The molecule has 0 fully saturated rings. The number of amides is 1. The predicted molar refractivity (Wildman–Crippen MR) is 44.8 cm³/mol. The summed E-state index contributed by atoms with van der Waals surface area (Å²) < 4.78 is 36.8. The van der Waals surface area contributed by atoms with Crippen LogP contribution in [0.3, 0.4) is 0 Å². The van der Waals surface area contributed by atoms with Crippen LogP contribution in [0.5, 0.6) is 5.75 Å². The number of nitrogens with two attached hydrogens (primary N) is 1. The Labute approximate surface area is 82.5 Å². The van der Waals surface area contributed by atoms with E-state index in [1.54, 1.807) is 5.43 Å². The van der Waals surface area contributed by atoms with Crippen molar-refractivity contribution in [3.05, 3.63) is 29.3 Å². The first-order chi connectivity index (χ1) is 6.86. The first kappa shape index (κ1) is 11.3. The maximum atomic E-state index is 12.3. The summed E-state index contributed by atoms with van der Waals surface area (Å²) in [7, 11) is 0. The highest BCUT2D eigenvalue weighted by Crippen LogP contribution is 2.35. The van der Waals surface area contributed by atoms with Gasteiger partial charge in [-0.05, 0) is 18.2 Å². The minimum Gasteiger partial charge on any atom is -0.507 e. The Bertz CT molecular complexity index is 390. The summed E-state index contributed by atoms with van der Waals surface area (Å²) in [6, 6.07) is 2.34. The van der Waals surface area contributed by atoms with Crippen LogP contribution in [-0.2, 0) is 6.18 Å². The van der Waals surface area contributed by atoms with Gasteiger partial charge in [0.2, 0.25) is 0 Å². The van der Waals surface area contributed by atoms with Gasteiger partial charge in [0, 0.05) is 5.56 Å². The largest absolute Gasteiger partial charge is 0.507 e. The van der Waals surface area contributed by atoms with Crippen molar-refractivity contribution in [2.75, 3.05) is 0 Å². The molecular formula is C8H7F3N2O2. The van der Waals surface area contributed by atoms with E-state index in [0.717, 1.165) is 12.1 Å². The molecule has 0 spiro atoms. The smallest absolute Gasteiger partial charge is 0.419 e. The van der Waals surface area contributed by atoms with Gasteiger partial charge < -0.3 is 5.11 Å². The molecule has 7 heteroatoms. The molecule has 15 heavy (non-hydrogen) atoms. The Morgan fingerprint density at radius 1 is 1.40 bits per heavy atom. The highest BCUT2D eigenvalue weighted by atomic mass is 19.4. The summed E-state index contributed by atoms with van der Waals surface area (Å²) in [5.41, 5.74) is 0.142. The van der Waals surface area contributed by atoms with Gasteiger partial charge in [-0.25, -0.2) is 5.84 Å². The molecule has 0 unspecified atom stereocenters. The summed E-state index contributed by atoms with van der Waals surface area (Å²) in [6.45, 7) is 0. The van der Waals surface area contributed by atoms with Gasteiger partial charge in [0.05, 0.1) is 5.56 Å². The molecule has 1 rings (SSSR count). The van der Waals surface area contributed by atoms with E-state index in [1.165, 1.54) is 0 Å². The summed E-state index contributed by atoms with van der Waals surface area (Å²) in [6.07, 6.45) is -4.71. The zero-order valence-electron chi connectivity index (χ0n) is 7.30. The second-order valence-electron chi connectivity index (χ2n) is 2.70. The molecule has 1 amide bonds. The van der Waals surface area contributed by atoms with E-state index in [9.17, 15) is 18.0 Å². The SMILES string of the molecule is NNC(=O)c1ccc(O)c(C(F)(F)F)c1. The van der Waals surface area contributed by atoms with Gasteiger partial charge in [0.25, 0.3) is 5.91 Å². The minimum atomic E-state index is -4.71. The lowest BCUT2D eigenvalue weighted by molar-refractivity contribution is -0.138. The second-order valence-corrected chi connectivity index (χ2v) is 2.70. The number of nitrogen functional groups attached to an aromatic ring is 1. The standard InChI is InChI=1S/C8H7F3N2O2/c9-8(10,11)5-3-4(7(15)13-12)1-2-6(5)14/h1-3,14H,12H2,(H,13,15). The monoisotopic (exact) mass is 220 g/mol. The van der Waals surface area contributed by atoms with Crippen molar-refractivity contribution in [1.82, 2.24) is 5.43 Å². The van der Waals surface area contributed by atoms with Crippen LogP contribution in [0.25, 0.3) is 0 Å². The number of carbonyl (C=O) groups is 1. The number of phenolic OH excluding ortho intramolecular Hbond substituents is 1. The summed E-state index contributed by atoms with van der Waals surface area (Å²) in [4.78, 5) is 10.9. The quantitative estimate of drug-likeness (QED) is 0.375. The number of hydrogen-bond donors (Lipinski definition) is 3. The molecule has 1 aromatic carbocycles. The molecule has 1 aromatic rings. The van der Waals surface area contributed by atoms with Crippen LogP contribution >= 0.6 is 0 Å². The van der Waals surface area contributed by atoms with Crippen molar-refractivity contribution < 1.29 is 23.1 Å². The number of hydrazine groups is 1. The molecule has 4 nitrogen and oxygen atoms in total. The Balaban J connectivity index is 3.23.